The highest BCUT2D eigenvalue weighted by atomic mass is 32.2. The van der Waals surface area contributed by atoms with Crippen LogP contribution in [-0.4, -0.2) is 21.0 Å². The van der Waals surface area contributed by atoms with E-state index in [1.165, 1.54) is 12.1 Å². The fourth-order valence-corrected chi connectivity index (χ4v) is 4.25. The molecule has 1 aliphatic rings. The molecule has 0 unspecified atom stereocenters. The molecular formula is C24H17N3O5S. The van der Waals surface area contributed by atoms with Crippen molar-refractivity contribution >= 4 is 34.7 Å². The zero-order valence-electron chi connectivity index (χ0n) is 17.7. The zero-order valence-corrected chi connectivity index (χ0v) is 18.5. The molecule has 9 heteroatoms. The van der Waals surface area contributed by atoms with E-state index >= 15 is 0 Å². The fraction of sp³-hybridized carbons (Fsp3) is 0.125. The predicted molar refractivity (Wildman–Crippen MR) is 123 cm³/mol. The highest BCUT2D eigenvalue weighted by Gasteiger charge is 2.35. The monoisotopic (exact) mass is 459 g/mol. The molecule has 0 spiro atoms. The normalized spacial score (nSPS) is 14.7. The molecule has 2 heterocycles. The maximum Gasteiger partial charge on any atom is 0.293 e. The van der Waals surface area contributed by atoms with Crippen molar-refractivity contribution in [1.29, 1.82) is 5.26 Å². The summed E-state index contributed by atoms with van der Waals surface area (Å²) >= 11 is 0.774. The molecule has 8 nitrogen and oxygen atoms in total. The number of carbonyl (C=O) groups excluding carboxylic acids is 2. The Morgan fingerprint density at radius 3 is 2.61 bits per heavy atom. The van der Waals surface area contributed by atoms with Gasteiger partial charge in [0.2, 0.25) is 0 Å². The first-order valence-corrected chi connectivity index (χ1v) is 10.7. The first-order chi connectivity index (χ1) is 15.8. The van der Waals surface area contributed by atoms with Crippen LogP contribution in [0.3, 0.4) is 0 Å². The SMILES string of the molecule is Cc1cc(-c2ccc(/C=C3\SC(=O)N(Cc4ccccc4C#N)C3=O)o2)c([N+](=O)[O-])cc1C. The number of imide groups is 1. The van der Waals surface area contributed by atoms with Crippen LogP contribution in [0.4, 0.5) is 10.5 Å². The van der Waals surface area contributed by atoms with Crippen molar-refractivity contribution in [3.63, 3.8) is 0 Å². The van der Waals surface area contributed by atoms with E-state index in [0.29, 0.717) is 28.2 Å². The molecule has 0 bridgehead atoms. The lowest BCUT2D eigenvalue weighted by molar-refractivity contribution is -0.384. The van der Waals surface area contributed by atoms with Crippen molar-refractivity contribution in [2.45, 2.75) is 20.4 Å². The van der Waals surface area contributed by atoms with Gasteiger partial charge in [-0.3, -0.25) is 24.6 Å². The maximum absolute atomic E-state index is 12.8. The van der Waals surface area contributed by atoms with E-state index in [9.17, 15) is 25.0 Å². The molecule has 0 saturated carbocycles. The van der Waals surface area contributed by atoms with Crippen LogP contribution in [0.25, 0.3) is 17.4 Å². The van der Waals surface area contributed by atoms with Gasteiger partial charge in [-0.15, -0.1) is 0 Å². The van der Waals surface area contributed by atoms with Crippen LogP contribution in [0.1, 0.15) is 28.0 Å². The van der Waals surface area contributed by atoms with Gasteiger partial charge in [-0.25, -0.2) is 0 Å². The van der Waals surface area contributed by atoms with Gasteiger partial charge in [0.25, 0.3) is 16.8 Å². The number of amides is 2. The zero-order chi connectivity index (χ0) is 23.7. The molecule has 4 rings (SSSR count). The number of hydrogen-bond donors (Lipinski definition) is 0. The summed E-state index contributed by atoms with van der Waals surface area (Å²) in [7, 11) is 0. The molecule has 1 aromatic heterocycles. The largest absolute Gasteiger partial charge is 0.456 e. The molecule has 1 aliphatic heterocycles. The molecule has 0 aliphatic carbocycles. The summed E-state index contributed by atoms with van der Waals surface area (Å²) in [5.74, 6) is 0.0894. The van der Waals surface area contributed by atoms with E-state index in [1.807, 2.05) is 6.92 Å². The molecule has 2 amide bonds. The summed E-state index contributed by atoms with van der Waals surface area (Å²) in [6.07, 6.45) is 1.44. The Kier molecular flexibility index (Phi) is 5.85. The number of rotatable bonds is 5. The van der Waals surface area contributed by atoms with Crippen LogP contribution in [0.15, 0.2) is 57.9 Å². The average Bonchev–Trinajstić information content (AvgIpc) is 3.35. The fourth-order valence-electron chi connectivity index (χ4n) is 3.43. The maximum atomic E-state index is 12.8. The van der Waals surface area contributed by atoms with Crippen LogP contribution in [0.5, 0.6) is 0 Å². The standard InChI is InChI=1S/C24H17N3O5S/c1-14-9-19(20(27(30)31)10-15(14)2)21-8-7-18(32-21)11-22-23(28)26(24(29)33-22)13-17-6-4-3-5-16(17)12-25/h3-11H,13H2,1-2H3/b22-11-. The lowest BCUT2D eigenvalue weighted by Crippen LogP contribution is -2.27. The first-order valence-electron chi connectivity index (χ1n) is 9.87. The summed E-state index contributed by atoms with van der Waals surface area (Å²) < 4.78 is 5.77. The summed E-state index contributed by atoms with van der Waals surface area (Å²) in [5.41, 5.74) is 2.91. The van der Waals surface area contributed by atoms with Crippen LogP contribution in [0.2, 0.25) is 0 Å². The first kappa shape index (κ1) is 22.0. The van der Waals surface area contributed by atoms with E-state index in [1.54, 1.807) is 49.4 Å². The second-order valence-corrected chi connectivity index (χ2v) is 8.44. The van der Waals surface area contributed by atoms with Crippen LogP contribution in [-0.2, 0) is 11.3 Å². The summed E-state index contributed by atoms with van der Waals surface area (Å²) in [6.45, 7) is 3.64. The molecule has 0 atom stereocenters. The van der Waals surface area contributed by atoms with E-state index in [2.05, 4.69) is 6.07 Å². The van der Waals surface area contributed by atoms with Crippen molar-refractivity contribution in [2.24, 2.45) is 0 Å². The number of nitriles is 1. The van der Waals surface area contributed by atoms with E-state index in [4.69, 9.17) is 4.42 Å². The third-order valence-electron chi connectivity index (χ3n) is 5.31. The van der Waals surface area contributed by atoms with Gasteiger partial charge in [-0.05, 0) is 66.6 Å². The minimum Gasteiger partial charge on any atom is -0.456 e. The molecule has 33 heavy (non-hydrogen) atoms. The molecule has 2 aromatic carbocycles. The van der Waals surface area contributed by atoms with Gasteiger partial charge in [0.15, 0.2) is 0 Å². The lowest BCUT2D eigenvalue weighted by atomic mass is 10.0. The van der Waals surface area contributed by atoms with Gasteiger partial charge >= 0.3 is 0 Å². The van der Waals surface area contributed by atoms with Gasteiger partial charge in [0.05, 0.1) is 33.6 Å². The Balaban J connectivity index is 1.61. The average molecular weight is 459 g/mol. The Bertz CT molecular complexity index is 1380. The summed E-state index contributed by atoms with van der Waals surface area (Å²) in [6, 6.07) is 15.2. The molecule has 3 aromatic rings. The van der Waals surface area contributed by atoms with Crippen molar-refractivity contribution < 1.29 is 18.9 Å². The number of hydrogen-bond acceptors (Lipinski definition) is 7. The molecule has 164 valence electrons. The quantitative estimate of drug-likeness (QED) is 0.278. The minimum atomic E-state index is -0.493. The Morgan fingerprint density at radius 2 is 1.88 bits per heavy atom. The molecule has 1 fully saturated rings. The second kappa shape index (κ2) is 8.76. The number of aryl methyl sites for hydroxylation is 2. The predicted octanol–water partition coefficient (Wildman–Crippen LogP) is 5.58. The highest BCUT2D eigenvalue weighted by Crippen LogP contribution is 2.37. The second-order valence-electron chi connectivity index (χ2n) is 7.45. The van der Waals surface area contributed by atoms with Crippen LogP contribution >= 0.6 is 11.8 Å². The van der Waals surface area contributed by atoms with Gasteiger partial charge < -0.3 is 4.42 Å². The molecule has 0 radical (unpaired) electrons. The van der Waals surface area contributed by atoms with Crippen LogP contribution in [0, 0.1) is 35.3 Å². The summed E-state index contributed by atoms with van der Waals surface area (Å²) in [4.78, 5) is 37.5. The number of nitro benzene ring substituents is 1. The van der Waals surface area contributed by atoms with E-state index < -0.39 is 16.1 Å². The lowest BCUT2D eigenvalue weighted by Gasteiger charge is -2.13. The smallest absolute Gasteiger partial charge is 0.293 e. The topological polar surface area (TPSA) is 117 Å². The number of nitrogens with zero attached hydrogens (tertiary/aromatic N) is 3. The molecular weight excluding hydrogens is 442 g/mol. The van der Waals surface area contributed by atoms with E-state index in [-0.39, 0.29) is 17.1 Å². The van der Waals surface area contributed by atoms with Gasteiger partial charge in [-0.2, -0.15) is 5.26 Å². The molecule has 1 saturated heterocycles. The molecule has 0 N–H and O–H groups in total. The third kappa shape index (κ3) is 4.29. The Hall–Kier alpha value is -4.16. The van der Waals surface area contributed by atoms with Crippen LogP contribution < -0.4 is 0 Å². The number of benzene rings is 2. The Labute approximate surface area is 193 Å². The number of thioether (sulfide) groups is 1. The minimum absolute atomic E-state index is 0.00994. The van der Waals surface area contributed by atoms with Gasteiger partial charge in [0, 0.05) is 12.1 Å². The number of carbonyl (C=O) groups is 2. The number of furan rings is 1. The Morgan fingerprint density at radius 1 is 1.15 bits per heavy atom. The van der Waals surface area contributed by atoms with Crippen molar-refractivity contribution in [1.82, 2.24) is 4.90 Å². The van der Waals surface area contributed by atoms with Crippen molar-refractivity contribution in [2.75, 3.05) is 0 Å². The van der Waals surface area contributed by atoms with Gasteiger partial charge in [0.1, 0.15) is 11.5 Å². The van der Waals surface area contributed by atoms with Crippen molar-refractivity contribution in [3.8, 4) is 17.4 Å². The number of nitro groups is 1. The van der Waals surface area contributed by atoms with E-state index in [0.717, 1.165) is 27.8 Å². The van der Waals surface area contributed by atoms with Crippen molar-refractivity contribution in [3.05, 3.63) is 91.6 Å². The van der Waals surface area contributed by atoms with Gasteiger partial charge in [-0.1, -0.05) is 18.2 Å². The summed E-state index contributed by atoms with van der Waals surface area (Å²) in [5, 5.41) is 20.3. The third-order valence-corrected chi connectivity index (χ3v) is 6.22. The highest BCUT2D eigenvalue weighted by molar-refractivity contribution is 8.18.